The van der Waals surface area contributed by atoms with Crippen molar-refractivity contribution in [1.82, 2.24) is 5.32 Å². The summed E-state index contributed by atoms with van der Waals surface area (Å²) < 4.78 is 0. The van der Waals surface area contributed by atoms with Crippen molar-refractivity contribution >= 4 is 23.0 Å². The molecule has 20 heavy (non-hydrogen) atoms. The third-order valence-electron chi connectivity index (χ3n) is 3.12. The van der Waals surface area contributed by atoms with Crippen LogP contribution in [-0.2, 0) is 6.42 Å². The van der Waals surface area contributed by atoms with Crippen molar-refractivity contribution in [1.29, 1.82) is 0 Å². The molecule has 4 heteroatoms. The van der Waals surface area contributed by atoms with Gasteiger partial charge in [-0.15, -0.1) is 11.3 Å². The first-order valence-electron chi connectivity index (χ1n) is 6.51. The summed E-state index contributed by atoms with van der Waals surface area (Å²) in [5.41, 5.74) is 2.47. The summed E-state index contributed by atoms with van der Waals surface area (Å²) in [6.07, 6.45) is 0.809. The van der Waals surface area contributed by atoms with Gasteiger partial charge >= 0.3 is 0 Å². The maximum absolute atomic E-state index is 11.9. The Morgan fingerprint density at radius 2 is 1.80 bits per heavy atom. The second kappa shape index (κ2) is 6.48. The van der Waals surface area contributed by atoms with Crippen LogP contribution in [0.5, 0.6) is 0 Å². The Kier molecular flexibility index (Phi) is 4.69. The van der Waals surface area contributed by atoms with E-state index in [0.29, 0.717) is 16.3 Å². The molecule has 0 spiro atoms. The first kappa shape index (κ1) is 14.5. The number of hydrogen-bond acceptors (Lipinski definition) is 3. The quantitative estimate of drug-likeness (QED) is 0.858. The topological polar surface area (TPSA) is 46.2 Å². The highest BCUT2D eigenvalue weighted by Crippen LogP contribution is 2.16. The van der Waals surface area contributed by atoms with Crippen molar-refractivity contribution in [3.63, 3.8) is 0 Å². The van der Waals surface area contributed by atoms with Crippen molar-refractivity contribution in [2.45, 2.75) is 20.3 Å². The van der Waals surface area contributed by atoms with Gasteiger partial charge in [0.15, 0.2) is 5.78 Å². The number of benzene rings is 1. The van der Waals surface area contributed by atoms with Crippen molar-refractivity contribution in [3.8, 4) is 0 Å². The number of carbonyl (C=O) groups excluding carboxylic acids is 2. The first-order valence-corrected chi connectivity index (χ1v) is 7.33. The van der Waals surface area contributed by atoms with Crippen LogP contribution in [0.25, 0.3) is 0 Å². The zero-order valence-electron chi connectivity index (χ0n) is 11.6. The molecule has 2 aromatic rings. The minimum atomic E-state index is -0.115. The van der Waals surface area contributed by atoms with Crippen LogP contribution in [0.2, 0.25) is 0 Å². The zero-order chi connectivity index (χ0) is 14.5. The summed E-state index contributed by atoms with van der Waals surface area (Å²) in [5.74, 6) is -0.120. The molecule has 1 heterocycles. The lowest BCUT2D eigenvalue weighted by atomic mass is 10.1. The fourth-order valence-corrected chi connectivity index (χ4v) is 2.76. The second-order valence-electron chi connectivity index (χ2n) is 4.65. The van der Waals surface area contributed by atoms with E-state index in [0.717, 1.165) is 6.42 Å². The molecule has 0 fully saturated rings. The molecule has 1 aromatic heterocycles. The zero-order valence-corrected chi connectivity index (χ0v) is 12.4. The minimum Gasteiger partial charge on any atom is -0.351 e. The van der Waals surface area contributed by atoms with Crippen LogP contribution in [0, 0.1) is 6.92 Å². The monoisotopic (exact) mass is 287 g/mol. The Morgan fingerprint density at radius 1 is 1.10 bits per heavy atom. The molecule has 0 saturated carbocycles. The van der Waals surface area contributed by atoms with Gasteiger partial charge in [0.1, 0.15) is 0 Å². The van der Waals surface area contributed by atoms with Crippen LogP contribution in [0.3, 0.4) is 0 Å². The first-order chi connectivity index (χ1) is 9.58. The van der Waals surface area contributed by atoms with Crippen LogP contribution in [0.15, 0.2) is 36.4 Å². The van der Waals surface area contributed by atoms with Gasteiger partial charge < -0.3 is 5.32 Å². The molecule has 0 saturated heterocycles. The normalized spacial score (nSPS) is 10.3. The number of thiophene rings is 1. The van der Waals surface area contributed by atoms with E-state index in [9.17, 15) is 9.59 Å². The van der Waals surface area contributed by atoms with E-state index < -0.39 is 0 Å². The van der Waals surface area contributed by atoms with Crippen LogP contribution < -0.4 is 5.32 Å². The molecule has 3 nitrogen and oxygen atoms in total. The van der Waals surface area contributed by atoms with Crippen molar-refractivity contribution in [2.24, 2.45) is 0 Å². The molecule has 0 aliphatic rings. The van der Waals surface area contributed by atoms with Crippen molar-refractivity contribution in [2.75, 3.05) is 6.54 Å². The molecule has 1 N–H and O–H groups in total. The molecule has 0 aliphatic carbocycles. The van der Waals surface area contributed by atoms with Gasteiger partial charge in [-0.2, -0.15) is 0 Å². The summed E-state index contributed by atoms with van der Waals surface area (Å²) >= 11 is 1.24. The Labute approximate surface area is 122 Å². The second-order valence-corrected chi connectivity index (χ2v) is 5.74. The average molecular weight is 287 g/mol. The smallest absolute Gasteiger partial charge is 0.261 e. The van der Waals surface area contributed by atoms with Crippen LogP contribution in [-0.4, -0.2) is 18.2 Å². The van der Waals surface area contributed by atoms with Gasteiger partial charge in [-0.05, 0) is 43.5 Å². The van der Waals surface area contributed by atoms with Crippen LogP contribution in [0.1, 0.15) is 37.4 Å². The van der Waals surface area contributed by atoms with Gasteiger partial charge in [-0.25, -0.2) is 0 Å². The third kappa shape index (κ3) is 3.54. The summed E-state index contributed by atoms with van der Waals surface area (Å²) in [4.78, 5) is 24.3. The standard InChI is InChI=1S/C16H17NO2S/c1-11-5-3-4-6-13(11)9-10-17-16(19)15-8-7-14(20-15)12(2)18/h3-8H,9-10H2,1-2H3,(H,17,19). The molecule has 0 bridgehead atoms. The molecule has 0 aliphatic heterocycles. The molecule has 0 unspecified atom stereocenters. The fourth-order valence-electron chi connectivity index (χ4n) is 1.94. The lowest BCUT2D eigenvalue weighted by molar-refractivity contribution is 0.0957. The molecule has 2 rings (SSSR count). The largest absolute Gasteiger partial charge is 0.351 e. The van der Waals surface area contributed by atoms with E-state index in [1.54, 1.807) is 12.1 Å². The van der Waals surface area contributed by atoms with Gasteiger partial charge in [-0.3, -0.25) is 9.59 Å². The van der Waals surface area contributed by atoms with E-state index in [1.807, 2.05) is 12.1 Å². The molecule has 0 atom stereocenters. The summed E-state index contributed by atoms with van der Waals surface area (Å²) in [7, 11) is 0. The highest BCUT2D eigenvalue weighted by molar-refractivity contribution is 7.15. The van der Waals surface area contributed by atoms with Crippen LogP contribution in [0.4, 0.5) is 0 Å². The predicted octanol–water partition coefficient (Wildman–Crippen LogP) is 3.23. The molecule has 1 aromatic carbocycles. The summed E-state index contributed by atoms with van der Waals surface area (Å²) in [6.45, 7) is 4.16. The van der Waals surface area contributed by atoms with Gasteiger partial charge in [0.2, 0.25) is 0 Å². The number of Topliss-reactive ketones (excluding diaryl/α,β-unsaturated/α-hetero) is 1. The third-order valence-corrected chi connectivity index (χ3v) is 4.30. The molecule has 0 radical (unpaired) electrons. The van der Waals surface area contributed by atoms with Crippen molar-refractivity contribution in [3.05, 3.63) is 57.3 Å². The lowest BCUT2D eigenvalue weighted by Crippen LogP contribution is -2.25. The number of rotatable bonds is 5. The van der Waals surface area contributed by atoms with Gasteiger partial charge in [0.25, 0.3) is 5.91 Å². The average Bonchev–Trinajstić information content (AvgIpc) is 2.91. The van der Waals surface area contributed by atoms with Gasteiger partial charge in [-0.1, -0.05) is 24.3 Å². The highest BCUT2D eigenvalue weighted by Gasteiger charge is 2.10. The maximum Gasteiger partial charge on any atom is 0.261 e. The molecular weight excluding hydrogens is 270 g/mol. The van der Waals surface area contributed by atoms with E-state index in [1.165, 1.54) is 29.4 Å². The Balaban J connectivity index is 1.89. The number of hydrogen-bond donors (Lipinski definition) is 1. The van der Waals surface area contributed by atoms with Gasteiger partial charge in [0.05, 0.1) is 9.75 Å². The fraction of sp³-hybridized carbons (Fsp3) is 0.250. The van der Waals surface area contributed by atoms with Gasteiger partial charge in [0, 0.05) is 6.54 Å². The number of ketones is 1. The Hall–Kier alpha value is -1.94. The van der Waals surface area contributed by atoms with E-state index in [4.69, 9.17) is 0 Å². The lowest BCUT2D eigenvalue weighted by Gasteiger charge is -2.06. The molecule has 104 valence electrons. The minimum absolute atomic E-state index is 0.00559. The SMILES string of the molecule is CC(=O)c1ccc(C(=O)NCCc2ccccc2C)s1. The number of aryl methyl sites for hydroxylation is 1. The Morgan fingerprint density at radius 3 is 2.45 bits per heavy atom. The summed E-state index contributed by atoms with van der Waals surface area (Å²) in [6, 6.07) is 11.5. The van der Waals surface area contributed by atoms with E-state index in [2.05, 4.69) is 24.4 Å². The summed E-state index contributed by atoms with van der Waals surface area (Å²) in [5, 5.41) is 2.89. The molecular formula is C16H17NO2S. The predicted molar refractivity (Wildman–Crippen MR) is 81.5 cm³/mol. The van der Waals surface area contributed by atoms with E-state index in [-0.39, 0.29) is 11.7 Å². The van der Waals surface area contributed by atoms with Crippen molar-refractivity contribution < 1.29 is 9.59 Å². The highest BCUT2D eigenvalue weighted by atomic mass is 32.1. The number of nitrogens with one attached hydrogen (secondary N) is 1. The maximum atomic E-state index is 11.9. The van der Waals surface area contributed by atoms with E-state index >= 15 is 0 Å². The Bertz CT molecular complexity index is 631. The van der Waals surface area contributed by atoms with Crippen LogP contribution >= 0.6 is 11.3 Å². The molecule has 1 amide bonds. The number of carbonyl (C=O) groups is 2. The number of amides is 1.